The van der Waals surface area contributed by atoms with Gasteiger partial charge in [0.05, 0.1) is 6.04 Å². The van der Waals surface area contributed by atoms with Gasteiger partial charge in [-0.25, -0.2) is 4.79 Å². The van der Waals surface area contributed by atoms with Gasteiger partial charge in [-0.15, -0.1) is 0 Å². The van der Waals surface area contributed by atoms with Gasteiger partial charge >= 0.3 is 18.2 Å². The van der Waals surface area contributed by atoms with E-state index in [4.69, 9.17) is 14.6 Å². The van der Waals surface area contributed by atoms with Crippen LogP contribution in [0.25, 0.3) is 11.1 Å². The van der Waals surface area contributed by atoms with Crippen LogP contribution in [-0.2, 0) is 19.1 Å². The third-order valence-electron chi connectivity index (χ3n) is 6.17. The third kappa shape index (κ3) is 5.24. The van der Waals surface area contributed by atoms with Crippen LogP contribution in [0.4, 0.5) is 18.0 Å². The van der Waals surface area contributed by atoms with Crippen molar-refractivity contribution in [2.45, 2.75) is 30.7 Å². The molecule has 0 spiro atoms. The Morgan fingerprint density at radius 2 is 1.66 bits per heavy atom. The first kappa shape index (κ1) is 24.5. The molecule has 2 aliphatic rings. The molecule has 35 heavy (non-hydrogen) atoms. The van der Waals surface area contributed by atoms with Gasteiger partial charge in [-0.1, -0.05) is 48.5 Å². The number of alkyl carbamates (subject to hydrolysis) is 1. The minimum absolute atomic E-state index is 0.0518. The average Bonchev–Trinajstić information content (AvgIpc) is 3.39. The molecule has 3 N–H and O–H groups in total. The van der Waals surface area contributed by atoms with Gasteiger partial charge in [-0.05, 0) is 28.7 Å². The van der Waals surface area contributed by atoms with Crippen molar-refractivity contribution < 1.29 is 42.1 Å². The molecule has 8 nitrogen and oxygen atoms in total. The molecule has 2 aromatic rings. The zero-order chi connectivity index (χ0) is 25.2. The van der Waals surface area contributed by atoms with E-state index in [9.17, 15) is 27.6 Å². The van der Waals surface area contributed by atoms with Crippen LogP contribution in [0.5, 0.6) is 0 Å². The number of hydrogen-bond donors (Lipinski definition) is 3. The van der Waals surface area contributed by atoms with Crippen molar-refractivity contribution in [2.75, 3.05) is 19.8 Å². The van der Waals surface area contributed by atoms with Crippen LogP contribution in [0.15, 0.2) is 48.5 Å². The highest BCUT2D eigenvalue weighted by molar-refractivity contribution is 5.83. The summed E-state index contributed by atoms with van der Waals surface area (Å²) in [6, 6.07) is 14.8. The number of aliphatic carboxylic acids is 1. The summed E-state index contributed by atoms with van der Waals surface area (Å²) < 4.78 is 49.1. The highest BCUT2D eigenvalue weighted by Gasteiger charge is 2.46. The lowest BCUT2D eigenvalue weighted by atomic mass is 9.98. The second-order valence-electron chi connectivity index (χ2n) is 8.33. The lowest BCUT2D eigenvalue weighted by molar-refractivity contribution is -0.192. The number of ether oxygens (including phenoxy) is 2. The fourth-order valence-electron chi connectivity index (χ4n) is 4.43. The lowest BCUT2D eigenvalue weighted by Crippen LogP contribution is -2.50. The monoisotopic (exact) mass is 492 g/mol. The maximum absolute atomic E-state index is 12.8. The molecule has 0 bridgehead atoms. The summed E-state index contributed by atoms with van der Waals surface area (Å²) in [6.07, 6.45) is -6.84. The van der Waals surface area contributed by atoms with E-state index in [1.165, 1.54) is 0 Å². The molecule has 0 saturated carbocycles. The van der Waals surface area contributed by atoms with Gasteiger partial charge in [0.2, 0.25) is 0 Å². The number of fused-ring (bicyclic) bond motifs is 3. The summed E-state index contributed by atoms with van der Waals surface area (Å²) in [7, 11) is 0. The van der Waals surface area contributed by atoms with E-state index in [0.717, 1.165) is 22.3 Å². The summed E-state index contributed by atoms with van der Waals surface area (Å²) in [5.74, 6) is -5.95. The normalized spacial score (nSPS) is 20.0. The van der Waals surface area contributed by atoms with E-state index < -0.39 is 48.8 Å². The third-order valence-corrected chi connectivity index (χ3v) is 6.17. The molecule has 2 aromatic carbocycles. The number of nitrogens with one attached hydrogen (secondary N) is 2. The predicted molar refractivity (Wildman–Crippen MR) is 117 cm³/mol. The molecule has 1 fully saturated rings. The Bertz CT molecular complexity index is 1080. The number of hydrogen-bond acceptors (Lipinski definition) is 5. The Balaban J connectivity index is 1.34. The van der Waals surface area contributed by atoms with Gasteiger partial charge in [0.25, 0.3) is 5.91 Å². The minimum Gasteiger partial charge on any atom is -0.481 e. The Morgan fingerprint density at radius 1 is 1.06 bits per heavy atom. The summed E-state index contributed by atoms with van der Waals surface area (Å²) in [6.45, 7) is -1.00. The number of carboxylic acids is 1. The molecule has 2 amide bonds. The first-order valence-electron chi connectivity index (χ1n) is 11.0. The van der Waals surface area contributed by atoms with Crippen molar-refractivity contribution in [3.8, 4) is 11.1 Å². The number of carbonyl (C=O) groups excluding carboxylic acids is 2. The SMILES string of the molecule is O=C(N[C@H]1CCO[C@H]1C(=O)NCC(C(=O)O)C(F)(F)F)OCC1c2ccccc2-c2ccccc21. The molecular weight excluding hydrogens is 469 g/mol. The second kappa shape index (κ2) is 9.95. The van der Waals surface area contributed by atoms with Crippen LogP contribution in [0.1, 0.15) is 23.5 Å². The topological polar surface area (TPSA) is 114 Å². The largest absolute Gasteiger partial charge is 0.481 e. The van der Waals surface area contributed by atoms with Crippen LogP contribution in [0, 0.1) is 5.92 Å². The Morgan fingerprint density at radius 3 is 2.23 bits per heavy atom. The van der Waals surface area contributed by atoms with Gasteiger partial charge in [0.15, 0.2) is 12.0 Å². The lowest BCUT2D eigenvalue weighted by Gasteiger charge is -2.22. The quantitative estimate of drug-likeness (QED) is 0.548. The maximum atomic E-state index is 12.8. The number of rotatable bonds is 7. The van der Waals surface area contributed by atoms with Crippen molar-refractivity contribution in [2.24, 2.45) is 5.92 Å². The molecular formula is C24H23F3N2O6. The molecule has 0 radical (unpaired) electrons. The molecule has 11 heteroatoms. The van der Waals surface area contributed by atoms with Gasteiger partial charge in [-0.3, -0.25) is 9.59 Å². The predicted octanol–water partition coefficient (Wildman–Crippen LogP) is 3.06. The molecule has 3 atom stereocenters. The standard InChI is InChI=1S/C24H23F3N2O6/c25-24(26,27)18(22(31)32)11-28-21(30)20-19(9-10-34-20)29-23(33)35-12-17-15-7-3-1-5-13(15)14-6-2-4-8-16(14)17/h1-8,17-20H,9-12H2,(H,28,30)(H,29,33)(H,31,32)/t18?,19-,20+/m0/s1. The number of carboxylic acid groups (broad SMARTS) is 1. The number of amides is 2. The van der Waals surface area contributed by atoms with Gasteiger partial charge in [-0.2, -0.15) is 13.2 Å². The maximum Gasteiger partial charge on any atom is 0.407 e. The molecule has 1 saturated heterocycles. The number of halogens is 3. The highest BCUT2D eigenvalue weighted by atomic mass is 19.4. The van der Waals surface area contributed by atoms with Crippen LogP contribution in [-0.4, -0.2) is 61.2 Å². The number of alkyl halides is 3. The van der Waals surface area contributed by atoms with Crippen LogP contribution in [0.2, 0.25) is 0 Å². The highest BCUT2D eigenvalue weighted by Crippen LogP contribution is 2.44. The van der Waals surface area contributed by atoms with Crippen molar-refractivity contribution in [3.05, 3.63) is 59.7 Å². The van der Waals surface area contributed by atoms with E-state index in [0.29, 0.717) is 0 Å². The molecule has 1 unspecified atom stereocenters. The van der Waals surface area contributed by atoms with Gasteiger partial charge in [0, 0.05) is 19.1 Å². The Kier molecular flexibility index (Phi) is 6.97. The van der Waals surface area contributed by atoms with E-state index >= 15 is 0 Å². The first-order chi connectivity index (χ1) is 16.7. The van der Waals surface area contributed by atoms with Crippen LogP contribution >= 0.6 is 0 Å². The summed E-state index contributed by atoms with van der Waals surface area (Å²) in [5.41, 5.74) is 4.19. The van der Waals surface area contributed by atoms with Crippen LogP contribution < -0.4 is 10.6 Å². The van der Waals surface area contributed by atoms with E-state index in [2.05, 4.69) is 5.32 Å². The van der Waals surface area contributed by atoms with Crippen LogP contribution in [0.3, 0.4) is 0 Å². The molecule has 4 rings (SSSR count). The van der Waals surface area contributed by atoms with E-state index in [1.54, 1.807) is 0 Å². The number of carbonyl (C=O) groups is 3. The summed E-state index contributed by atoms with van der Waals surface area (Å²) in [4.78, 5) is 35.7. The van der Waals surface area contributed by atoms with Gasteiger partial charge in [0.1, 0.15) is 6.61 Å². The zero-order valence-electron chi connectivity index (χ0n) is 18.4. The fraction of sp³-hybridized carbons (Fsp3) is 0.375. The molecule has 1 aliphatic heterocycles. The zero-order valence-corrected chi connectivity index (χ0v) is 18.4. The van der Waals surface area contributed by atoms with Crippen molar-refractivity contribution in [1.82, 2.24) is 10.6 Å². The molecule has 186 valence electrons. The van der Waals surface area contributed by atoms with E-state index in [-0.39, 0.29) is 25.6 Å². The van der Waals surface area contributed by atoms with Crippen molar-refractivity contribution in [3.63, 3.8) is 0 Å². The Hall–Kier alpha value is -3.60. The molecule has 0 aromatic heterocycles. The minimum atomic E-state index is -5.02. The molecule has 1 heterocycles. The number of benzene rings is 2. The average molecular weight is 492 g/mol. The smallest absolute Gasteiger partial charge is 0.407 e. The van der Waals surface area contributed by atoms with Gasteiger partial charge < -0.3 is 25.2 Å². The Labute approximate surface area is 198 Å². The van der Waals surface area contributed by atoms with E-state index in [1.807, 2.05) is 53.8 Å². The summed E-state index contributed by atoms with van der Waals surface area (Å²) >= 11 is 0. The first-order valence-corrected chi connectivity index (χ1v) is 11.0. The fourth-order valence-corrected chi connectivity index (χ4v) is 4.43. The molecule has 1 aliphatic carbocycles. The second-order valence-corrected chi connectivity index (χ2v) is 8.33. The van der Waals surface area contributed by atoms with Crippen molar-refractivity contribution in [1.29, 1.82) is 0 Å². The van der Waals surface area contributed by atoms with Crippen molar-refractivity contribution >= 4 is 18.0 Å². The summed E-state index contributed by atoms with van der Waals surface area (Å²) in [5, 5.41) is 13.2.